The highest BCUT2D eigenvalue weighted by Gasteiger charge is 2.56. The van der Waals surface area contributed by atoms with Crippen molar-refractivity contribution in [3.05, 3.63) is 0 Å². The van der Waals surface area contributed by atoms with Gasteiger partial charge in [-0.25, -0.2) is 0 Å². The number of rotatable bonds is 4. The smallest absolute Gasteiger partial charge is 0.265 e. The third kappa shape index (κ3) is 2.11. The summed E-state index contributed by atoms with van der Waals surface area (Å²) in [6.07, 6.45) is 13.8. The summed E-state index contributed by atoms with van der Waals surface area (Å²) in [6, 6.07) is 0. The Kier molecular flexibility index (Phi) is 3.49. The van der Waals surface area contributed by atoms with E-state index in [0.29, 0.717) is 11.8 Å². The Balaban J connectivity index is 1.08. The molecular formula is C20H30O3S. The van der Waals surface area contributed by atoms with Gasteiger partial charge in [-0.3, -0.25) is 8.37 Å². The van der Waals surface area contributed by atoms with Crippen molar-refractivity contribution < 1.29 is 12.6 Å². The van der Waals surface area contributed by atoms with Crippen LogP contribution in [0.2, 0.25) is 0 Å². The molecule has 6 saturated carbocycles. The van der Waals surface area contributed by atoms with Gasteiger partial charge in [-0.1, -0.05) is 12.8 Å². The van der Waals surface area contributed by atoms with Gasteiger partial charge in [0.1, 0.15) is 0 Å². The Morgan fingerprint density at radius 2 is 1.04 bits per heavy atom. The van der Waals surface area contributed by atoms with Gasteiger partial charge < -0.3 is 0 Å². The third-order valence-corrected chi connectivity index (χ3v) is 9.95. The van der Waals surface area contributed by atoms with Crippen LogP contribution in [-0.2, 0) is 19.7 Å². The molecule has 6 rings (SSSR count). The summed E-state index contributed by atoms with van der Waals surface area (Å²) in [7, 11) is 0. The lowest BCUT2D eigenvalue weighted by Gasteiger charge is -2.32. The molecule has 0 N–H and O–H groups in total. The van der Waals surface area contributed by atoms with Crippen LogP contribution in [0.5, 0.6) is 0 Å². The molecule has 11 atom stereocenters. The summed E-state index contributed by atoms with van der Waals surface area (Å²) in [5, 5.41) is 0. The highest BCUT2D eigenvalue weighted by molar-refractivity contribution is 7.75. The second kappa shape index (κ2) is 5.53. The molecule has 3 nitrogen and oxygen atoms in total. The van der Waals surface area contributed by atoms with E-state index in [1.165, 1.54) is 51.4 Å². The Labute approximate surface area is 148 Å². The van der Waals surface area contributed by atoms with E-state index < -0.39 is 11.4 Å². The van der Waals surface area contributed by atoms with Crippen molar-refractivity contribution in [3.63, 3.8) is 0 Å². The minimum absolute atomic E-state index is 0.216. The molecule has 6 aliphatic carbocycles. The van der Waals surface area contributed by atoms with Crippen LogP contribution in [0.15, 0.2) is 0 Å². The zero-order valence-electron chi connectivity index (χ0n) is 14.5. The molecule has 4 bridgehead atoms. The fourth-order valence-corrected chi connectivity index (χ4v) is 9.35. The van der Waals surface area contributed by atoms with Crippen molar-refractivity contribution in [2.24, 2.45) is 47.3 Å². The Morgan fingerprint density at radius 3 is 1.54 bits per heavy atom. The average Bonchev–Trinajstić information content (AvgIpc) is 3.33. The predicted molar refractivity (Wildman–Crippen MR) is 92.0 cm³/mol. The Morgan fingerprint density at radius 1 is 0.583 bits per heavy atom. The molecule has 0 aliphatic heterocycles. The van der Waals surface area contributed by atoms with Crippen LogP contribution in [0.3, 0.4) is 0 Å². The van der Waals surface area contributed by atoms with E-state index in [1.54, 1.807) is 0 Å². The van der Waals surface area contributed by atoms with E-state index >= 15 is 0 Å². The van der Waals surface area contributed by atoms with Crippen LogP contribution >= 0.6 is 0 Å². The molecule has 4 heteroatoms. The normalized spacial score (nSPS) is 58.3. The molecule has 0 saturated heterocycles. The van der Waals surface area contributed by atoms with Gasteiger partial charge in [0.05, 0.1) is 12.2 Å². The maximum absolute atomic E-state index is 12.6. The molecular weight excluding hydrogens is 320 g/mol. The highest BCUT2D eigenvalue weighted by Crippen LogP contribution is 2.61. The molecule has 24 heavy (non-hydrogen) atoms. The number of hydrogen-bond donors (Lipinski definition) is 0. The summed E-state index contributed by atoms with van der Waals surface area (Å²) in [4.78, 5) is 0. The predicted octanol–water partition coefficient (Wildman–Crippen LogP) is 4.25. The highest BCUT2D eigenvalue weighted by atomic mass is 32.2. The van der Waals surface area contributed by atoms with Crippen molar-refractivity contribution in [2.45, 2.75) is 76.4 Å². The lowest BCUT2D eigenvalue weighted by atomic mass is 9.80. The largest absolute Gasteiger partial charge is 0.305 e. The quantitative estimate of drug-likeness (QED) is 0.760. The third-order valence-electron chi connectivity index (χ3n) is 9.14. The molecule has 0 radical (unpaired) electrons. The average molecular weight is 351 g/mol. The summed E-state index contributed by atoms with van der Waals surface area (Å²) >= 11 is -1.52. The summed E-state index contributed by atoms with van der Waals surface area (Å²) in [5.41, 5.74) is 0. The second-order valence-electron chi connectivity index (χ2n) is 9.78. The maximum atomic E-state index is 12.6. The fraction of sp³-hybridized carbons (Fsp3) is 1.00. The molecule has 0 amide bonds. The van der Waals surface area contributed by atoms with Crippen LogP contribution < -0.4 is 0 Å². The van der Waals surface area contributed by atoms with E-state index in [2.05, 4.69) is 0 Å². The van der Waals surface area contributed by atoms with Crippen molar-refractivity contribution >= 4 is 11.4 Å². The minimum atomic E-state index is -1.52. The monoisotopic (exact) mass is 350 g/mol. The molecule has 0 spiro atoms. The maximum Gasteiger partial charge on any atom is 0.305 e. The van der Waals surface area contributed by atoms with E-state index in [1.807, 2.05) is 0 Å². The van der Waals surface area contributed by atoms with Gasteiger partial charge in [-0.15, -0.1) is 0 Å². The lowest BCUT2D eigenvalue weighted by Crippen LogP contribution is -2.34. The van der Waals surface area contributed by atoms with Crippen LogP contribution in [0.25, 0.3) is 0 Å². The first-order valence-electron chi connectivity index (χ1n) is 10.5. The van der Waals surface area contributed by atoms with Crippen molar-refractivity contribution in [2.75, 3.05) is 0 Å². The molecule has 6 fully saturated rings. The van der Waals surface area contributed by atoms with Crippen molar-refractivity contribution in [1.29, 1.82) is 0 Å². The summed E-state index contributed by atoms with van der Waals surface area (Å²) in [6.45, 7) is 0. The topological polar surface area (TPSA) is 35.5 Å². The van der Waals surface area contributed by atoms with Gasteiger partial charge in [0, 0.05) is 0 Å². The first-order valence-corrected chi connectivity index (χ1v) is 11.5. The summed E-state index contributed by atoms with van der Waals surface area (Å²) < 4.78 is 24.5. The van der Waals surface area contributed by atoms with Crippen LogP contribution in [-0.4, -0.2) is 16.4 Å². The fourth-order valence-electron chi connectivity index (χ4n) is 8.46. The van der Waals surface area contributed by atoms with Gasteiger partial charge in [0.25, 0.3) is 0 Å². The van der Waals surface area contributed by atoms with Gasteiger partial charge in [-0.2, -0.15) is 4.21 Å². The van der Waals surface area contributed by atoms with Gasteiger partial charge in [0.15, 0.2) is 0 Å². The van der Waals surface area contributed by atoms with E-state index in [4.69, 9.17) is 8.37 Å². The van der Waals surface area contributed by atoms with Crippen LogP contribution in [0.4, 0.5) is 0 Å². The van der Waals surface area contributed by atoms with Crippen molar-refractivity contribution in [3.8, 4) is 0 Å². The number of fused-ring (bicyclic) bond motifs is 10. The molecule has 6 aliphatic rings. The molecule has 0 aromatic carbocycles. The first-order chi connectivity index (χ1) is 11.8. The standard InChI is InChI=1S/C20H30O3S/c21-24(22-19-9-11-7-17(19)15-5-1-3-13(11)15)23-20-10-12-8-18(20)16-6-2-4-14(12)16/h11-20H,1-10H2/t11-,12+,13+,14-,15-,16+,17+,18-,19+,20-,24?. The zero-order valence-corrected chi connectivity index (χ0v) is 15.3. The molecule has 0 heterocycles. The summed E-state index contributed by atoms with van der Waals surface area (Å²) in [5.74, 6) is 6.73. The Bertz CT molecular complexity index is 505. The molecule has 1 unspecified atom stereocenters. The van der Waals surface area contributed by atoms with Crippen LogP contribution in [0.1, 0.15) is 64.2 Å². The second-order valence-corrected chi connectivity index (χ2v) is 10.6. The van der Waals surface area contributed by atoms with Crippen LogP contribution in [0, 0.1) is 47.3 Å². The first kappa shape index (κ1) is 15.2. The molecule has 134 valence electrons. The van der Waals surface area contributed by atoms with Gasteiger partial charge in [-0.05, 0) is 98.7 Å². The van der Waals surface area contributed by atoms with E-state index in [0.717, 1.165) is 48.3 Å². The lowest BCUT2D eigenvalue weighted by molar-refractivity contribution is 0.0494. The SMILES string of the molecule is O=S(O[C@H]1C[C@H]2C[C@H]1[C@@H]1CCC[C@@H]21)O[C@@H]1C[C@@H]2C[C@@H]1[C@H]1CCC[C@H]21. The van der Waals surface area contributed by atoms with E-state index in [9.17, 15) is 4.21 Å². The van der Waals surface area contributed by atoms with Crippen molar-refractivity contribution in [1.82, 2.24) is 0 Å². The number of hydrogen-bond acceptors (Lipinski definition) is 3. The molecule has 0 aromatic heterocycles. The van der Waals surface area contributed by atoms with Gasteiger partial charge in [0.2, 0.25) is 0 Å². The van der Waals surface area contributed by atoms with E-state index in [-0.39, 0.29) is 12.2 Å². The molecule has 0 aromatic rings. The zero-order chi connectivity index (χ0) is 15.8. The Hall–Kier alpha value is 0.0700. The van der Waals surface area contributed by atoms with Gasteiger partial charge >= 0.3 is 11.4 Å². The minimum Gasteiger partial charge on any atom is -0.265 e.